The second-order valence-corrected chi connectivity index (χ2v) is 7.72. The van der Waals surface area contributed by atoms with Crippen molar-refractivity contribution in [3.63, 3.8) is 0 Å². The van der Waals surface area contributed by atoms with Gasteiger partial charge in [0.15, 0.2) is 0 Å². The Morgan fingerprint density at radius 1 is 1.22 bits per heavy atom. The highest BCUT2D eigenvalue weighted by Crippen LogP contribution is 2.49. The van der Waals surface area contributed by atoms with Gasteiger partial charge in [-0.1, -0.05) is 23.3 Å². The van der Waals surface area contributed by atoms with Crippen molar-refractivity contribution in [2.75, 3.05) is 11.9 Å². The Labute approximate surface area is 180 Å². The molecule has 0 spiro atoms. The van der Waals surface area contributed by atoms with Gasteiger partial charge in [0.25, 0.3) is 11.8 Å². The molecule has 0 saturated heterocycles. The van der Waals surface area contributed by atoms with Gasteiger partial charge in [-0.3, -0.25) is 9.59 Å². The standard InChI is InChI=1S/C22H18F3N3O4/c1-11-6-12(7-18(17(11)9-26)27-10-22(23,24)25)15-8-16(15)21(31)32-28-19(29)13-4-2-3-5-14(13)20(28)30/h2-7,9,15-16,26-27H,8,10H2,1H3/t15-,16+/m1/s1. The van der Waals surface area contributed by atoms with Gasteiger partial charge in [0.2, 0.25) is 0 Å². The predicted molar refractivity (Wildman–Crippen MR) is 107 cm³/mol. The van der Waals surface area contributed by atoms with Gasteiger partial charge in [-0.25, -0.2) is 4.79 Å². The summed E-state index contributed by atoms with van der Waals surface area (Å²) < 4.78 is 37.9. The molecule has 0 aromatic heterocycles. The number of imide groups is 1. The molecule has 0 radical (unpaired) electrons. The number of nitrogens with one attached hydrogen (secondary N) is 2. The molecule has 32 heavy (non-hydrogen) atoms. The van der Waals surface area contributed by atoms with E-state index in [0.29, 0.717) is 28.2 Å². The number of carbonyl (C=O) groups is 3. The van der Waals surface area contributed by atoms with E-state index < -0.39 is 36.4 Å². The topological polar surface area (TPSA) is 99.6 Å². The number of benzene rings is 2. The van der Waals surface area contributed by atoms with Crippen LogP contribution in [0.4, 0.5) is 18.9 Å². The molecular formula is C22H18F3N3O4. The maximum Gasteiger partial charge on any atom is 0.405 e. The lowest BCUT2D eigenvalue weighted by Crippen LogP contribution is -2.33. The quantitative estimate of drug-likeness (QED) is 0.520. The molecule has 2 aromatic carbocycles. The third-order valence-corrected chi connectivity index (χ3v) is 5.49. The van der Waals surface area contributed by atoms with Gasteiger partial charge in [-0.05, 0) is 48.6 Å². The summed E-state index contributed by atoms with van der Waals surface area (Å²) in [6.07, 6.45) is -3.09. The zero-order valence-electron chi connectivity index (χ0n) is 16.8. The Morgan fingerprint density at radius 2 is 1.84 bits per heavy atom. The predicted octanol–water partition coefficient (Wildman–Crippen LogP) is 3.82. The first-order valence-electron chi connectivity index (χ1n) is 9.76. The maximum atomic E-state index is 12.6. The summed E-state index contributed by atoms with van der Waals surface area (Å²) in [6, 6.07) is 9.31. The van der Waals surface area contributed by atoms with E-state index in [0.717, 1.165) is 6.21 Å². The number of hydrogen-bond acceptors (Lipinski definition) is 6. The fourth-order valence-corrected chi connectivity index (χ4v) is 3.81. The van der Waals surface area contributed by atoms with Gasteiger partial charge in [0.1, 0.15) is 6.54 Å². The third kappa shape index (κ3) is 3.95. The fraction of sp³-hybridized carbons (Fsp3) is 0.273. The molecular weight excluding hydrogens is 427 g/mol. The van der Waals surface area contributed by atoms with Gasteiger partial charge >= 0.3 is 12.1 Å². The summed E-state index contributed by atoms with van der Waals surface area (Å²) in [5.74, 6) is -3.17. The summed E-state index contributed by atoms with van der Waals surface area (Å²) >= 11 is 0. The molecule has 0 unspecified atom stereocenters. The van der Waals surface area contributed by atoms with Crippen LogP contribution in [0, 0.1) is 18.3 Å². The van der Waals surface area contributed by atoms with Gasteiger partial charge in [-0.2, -0.15) is 13.2 Å². The number of halogens is 3. The van der Waals surface area contributed by atoms with E-state index in [9.17, 15) is 27.6 Å². The molecule has 0 bridgehead atoms. The minimum absolute atomic E-state index is 0.145. The summed E-state index contributed by atoms with van der Waals surface area (Å²) in [7, 11) is 0. The summed E-state index contributed by atoms with van der Waals surface area (Å²) in [5.41, 5.74) is 1.96. The first-order valence-corrected chi connectivity index (χ1v) is 9.76. The van der Waals surface area contributed by atoms with E-state index in [4.69, 9.17) is 10.2 Å². The number of rotatable bonds is 6. The largest absolute Gasteiger partial charge is 0.405 e. The van der Waals surface area contributed by atoms with Crippen LogP contribution in [0.1, 0.15) is 49.7 Å². The zero-order chi connectivity index (χ0) is 23.2. The molecule has 1 saturated carbocycles. The number of alkyl halides is 3. The second kappa shape index (κ2) is 7.77. The van der Waals surface area contributed by atoms with Crippen LogP contribution in [0.3, 0.4) is 0 Å². The van der Waals surface area contributed by atoms with Gasteiger partial charge in [-0.15, -0.1) is 0 Å². The number of aryl methyl sites for hydroxylation is 1. The Bertz CT molecular complexity index is 1110. The molecule has 2 amide bonds. The first-order chi connectivity index (χ1) is 15.1. The van der Waals surface area contributed by atoms with E-state index in [1.165, 1.54) is 18.2 Å². The zero-order valence-corrected chi connectivity index (χ0v) is 16.8. The number of carbonyl (C=O) groups excluding carboxylic acids is 3. The van der Waals surface area contributed by atoms with Crippen LogP contribution in [0.25, 0.3) is 0 Å². The van der Waals surface area contributed by atoms with Crippen molar-refractivity contribution < 1.29 is 32.4 Å². The lowest BCUT2D eigenvalue weighted by Gasteiger charge is -2.16. The highest BCUT2D eigenvalue weighted by Gasteiger charge is 2.48. The molecule has 1 heterocycles. The minimum atomic E-state index is -4.43. The van der Waals surface area contributed by atoms with Crippen LogP contribution < -0.4 is 5.32 Å². The van der Waals surface area contributed by atoms with Crippen LogP contribution in [0.5, 0.6) is 0 Å². The van der Waals surface area contributed by atoms with E-state index in [1.807, 2.05) is 0 Å². The molecule has 166 valence electrons. The molecule has 1 aliphatic heterocycles. The normalized spacial score (nSPS) is 19.6. The molecule has 10 heteroatoms. The molecule has 2 aliphatic rings. The number of hydrogen-bond donors (Lipinski definition) is 2. The minimum Gasteiger partial charge on any atom is -0.376 e. The SMILES string of the molecule is Cc1cc([C@H]2C[C@@H]2C(=O)ON2C(=O)c3ccccc3C2=O)cc(NCC(F)(F)F)c1C=N. The summed E-state index contributed by atoms with van der Waals surface area (Å²) in [6.45, 7) is 0.406. The molecule has 1 aliphatic carbocycles. The molecule has 2 atom stereocenters. The Morgan fingerprint density at radius 3 is 2.41 bits per heavy atom. The number of anilines is 1. The van der Waals surface area contributed by atoms with E-state index in [-0.39, 0.29) is 22.7 Å². The molecule has 2 aromatic rings. The smallest absolute Gasteiger partial charge is 0.376 e. The van der Waals surface area contributed by atoms with Gasteiger partial charge in [0, 0.05) is 17.5 Å². The van der Waals surface area contributed by atoms with Crippen molar-refractivity contribution >= 4 is 29.7 Å². The van der Waals surface area contributed by atoms with Crippen molar-refractivity contribution in [2.24, 2.45) is 5.92 Å². The second-order valence-electron chi connectivity index (χ2n) is 7.72. The summed E-state index contributed by atoms with van der Waals surface area (Å²) in [5, 5.41) is 10.2. The molecule has 7 nitrogen and oxygen atoms in total. The lowest BCUT2D eigenvalue weighted by molar-refractivity contribution is -0.170. The van der Waals surface area contributed by atoms with Gasteiger partial charge in [0.05, 0.1) is 17.0 Å². The number of nitrogens with zero attached hydrogens (tertiary/aromatic N) is 1. The average Bonchev–Trinajstić information content (AvgIpc) is 3.51. The highest BCUT2D eigenvalue weighted by molar-refractivity contribution is 6.20. The van der Waals surface area contributed by atoms with Crippen molar-refractivity contribution in [3.05, 3.63) is 64.2 Å². The van der Waals surface area contributed by atoms with Crippen LogP contribution in [-0.2, 0) is 9.63 Å². The highest BCUT2D eigenvalue weighted by atomic mass is 19.4. The Kier molecular flexibility index (Phi) is 5.23. The average molecular weight is 445 g/mol. The van der Waals surface area contributed by atoms with E-state index >= 15 is 0 Å². The molecule has 4 rings (SSSR count). The first kappa shape index (κ1) is 21.5. The van der Waals surface area contributed by atoms with Crippen LogP contribution in [0.15, 0.2) is 36.4 Å². The fourth-order valence-electron chi connectivity index (χ4n) is 3.81. The summed E-state index contributed by atoms with van der Waals surface area (Å²) in [4.78, 5) is 42.4. The third-order valence-electron chi connectivity index (χ3n) is 5.49. The van der Waals surface area contributed by atoms with E-state index in [1.54, 1.807) is 25.1 Å². The van der Waals surface area contributed by atoms with Crippen molar-refractivity contribution in [1.82, 2.24) is 5.06 Å². The lowest BCUT2D eigenvalue weighted by atomic mass is 9.99. The van der Waals surface area contributed by atoms with Crippen molar-refractivity contribution in [1.29, 1.82) is 5.41 Å². The number of hydroxylamine groups is 2. The van der Waals surface area contributed by atoms with Gasteiger partial charge < -0.3 is 15.6 Å². The monoisotopic (exact) mass is 445 g/mol. The van der Waals surface area contributed by atoms with E-state index in [2.05, 4.69) is 5.32 Å². The van der Waals surface area contributed by atoms with Crippen LogP contribution in [-0.4, -0.2) is 41.8 Å². The van der Waals surface area contributed by atoms with Crippen molar-refractivity contribution in [2.45, 2.75) is 25.4 Å². The van der Waals surface area contributed by atoms with Crippen molar-refractivity contribution in [3.8, 4) is 0 Å². The molecule has 2 N–H and O–H groups in total. The number of amides is 2. The van der Waals surface area contributed by atoms with Crippen LogP contribution in [0.2, 0.25) is 0 Å². The molecule has 1 fully saturated rings. The Hall–Kier alpha value is -3.69. The van der Waals surface area contributed by atoms with Crippen LogP contribution >= 0.6 is 0 Å². The maximum absolute atomic E-state index is 12.6. The Balaban J connectivity index is 1.48. The number of fused-ring (bicyclic) bond motifs is 1.